The molecule has 1 spiro atoms. The van der Waals surface area contributed by atoms with Crippen LogP contribution in [0.25, 0.3) is 89.2 Å². The fourth-order valence-electron chi connectivity index (χ4n) is 10.2. The Morgan fingerprint density at radius 1 is 0.349 bits per heavy atom. The standard InChI is InChI=1S/C59H36N2OS/c1-2-15-38(16-3-1)52-36-53(39-31-29-37(30-32-39)42-22-14-23-46-45-20-8-12-27-54(45)62-57(42)46)61-58(60-52)47-21-5-4-17-41(47)40-33-34-56-51(35-40)59(50-26-11-13-28-55(50)63-56)48-24-9-6-18-43(48)44-19-7-10-25-49(44)59/h1-36H. The summed E-state index contributed by atoms with van der Waals surface area (Å²) in [7, 11) is 0. The number of fused-ring (bicyclic) bond motifs is 12. The number of nitrogens with zero attached hydrogens (tertiary/aromatic N) is 2. The summed E-state index contributed by atoms with van der Waals surface area (Å²) in [5, 5.41) is 2.25. The van der Waals surface area contributed by atoms with Gasteiger partial charge in [0.2, 0.25) is 0 Å². The van der Waals surface area contributed by atoms with E-state index >= 15 is 0 Å². The zero-order valence-electron chi connectivity index (χ0n) is 34.0. The highest BCUT2D eigenvalue weighted by molar-refractivity contribution is 7.99. The Morgan fingerprint density at radius 2 is 0.889 bits per heavy atom. The van der Waals surface area contributed by atoms with Crippen molar-refractivity contribution < 1.29 is 4.42 Å². The Balaban J connectivity index is 0.964. The molecule has 2 aliphatic rings. The molecule has 1 aliphatic heterocycles. The summed E-state index contributed by atoms with van der Waals surface area (Å²) in [6.07, 6.45) is 0. The summed E-state index contributed by atoms with van der Waals surface area (Å²) in [4.78, 5) is 13.3. The minimum atomic E-state index is -0.464. The van der Waals surface area contributed by atoms with Crippen LogP contribution in [0.5, 0.6) is 0 Å². The molecule has 0 amide bonds. The second-order valence-corrected chi connectivity index (χ2v) is 17.5. The highest BCUT2D eigenvalue weighted by atomic mass is 32.2. The van der Waals surface area contributed by atoms with Crippen LogP contribution in [-0.2, 0) is 5.41 Å². The number of rotatable bonds is 5. The Morgan fingerprint density at radius 3 is 1.65 bits per heavy atom. The lowest BCUT2D eigenvalue weighted by atomic mass is 9.67. The maximum Gasteiger partial charge on any atom is 0.161 e. The summed E-state index contributed by atoms with van der Waals surface area (Å²) in [6.45, 7) is 0. The molecule has 13 rings (SSSR count). The minimum absolute atomic E-state index is 0.464. The number of benzene rings is 9. The van der Waals surface area contributed by atoms with Gasteiger partial charge < -0.3 is 4.42 Å². The van der Waals surface area contributed by atoms with Crippen LogP contribution < -0.4 is 0 Å². The van der Waals surface area contributed by atoms with Crippen LogP contribution in [0, 0.1) is 0 Å². The number of hydrogen-bond donors (Lipinski definition) is 0. The molecule has 0 atom stereocenters. The van der Waals surface area contributed by atoms with Gasteiger partial charge in [0, 0.05) is 42.8 Å². The molecule has 0 saturated heterocycles. The second-order valence-electron chi connectivity index (χ2n) is 16.4. The molecule has 11 aromatic rings. The van der Waals surface area contributed by atoms with E-state index < -0.39 is 5.41 Å². The van der Waals surface area contributed by atoms with E-state index in [0.717, 1.165) is 72.3 Å². The largest absolute Gasteiger partial charge is 0.455 e. The van der Waals surface area contributed by atoms with Gasteiger partial charge in [-0.1, -0.05) is 200 Å². The summed E-state index contributed by atoms with van der Waals surface area (Å²) < 4.78 is 6.41. The topological polar surface area (TPSA) is 38.9 Å². The first-order chi connectivity index (χ1) is 31.2. The fraction of sp³-hybridized carbons (Fsp3) is 0.0169. The molecule has 3 heterocycles. The van der Waals surface area contributed by atoms with Gasteiger partial charge in [-0.3, -0.25) is 0 Å². The molecule has 294 valence electrons. The van der Waals surface area contributed by atoms with Gasteiger partial charge in [0.1, 0.15) is 11.2 Å². The molecule has 1 aliphatic carbocycles. The normalized spacial score (nSPS) is 13.1. The zero-order chi connectivity index (χ0) is 41.5. The quantitative estimate of drug-likeness (QED) is 0.173. The van der Waals surface area contributed by atoms with Crippen LogP contribution in [0.4, 0.5) is 0 Å². The lowest BCUT2D eigenvalue weighted by Gasteiger charge is -2.40. The number of aromatic nitrogens is 2. The summed E-state index contributed by atoms with van der Waals surface area (Å²) >= 11 is 1.87. The van der Waals surface area contributed by atoms with E-state index in [1.165, 1.54) is 43.2 Å². The van der Waals surface area contributed by atoms with Gasteiger partial charge in [0.25, 0.3) is 0 Å². The third-order valence-electron chi connectivity index (χ3n) is 13.0. The molecule has 0 fully saturated rings. The van der Waals surface area contributed by atoms with E-state index in [1.54, 1.807) is 0 Å². The van der Waals surface area contributed by atoms with Crippen LogP contribution in [0.1, 0.15) is 22.3 Å². The maximum absolute atomic E-state index is 6.41. The highest BCUT2D eigenvalue weighted by Crippen LogP contribution is 2.62. The third kappa shape index (κ3) is 5.48. The Labute approximate surface area is 369 Å². The van der Waals surface area contributed by atoms with E-state index in [9.17, 15) is 0 Å². The predicted molar refractivity (Wildman–Crippen MR) is 258 cm³/mol. The zero-order valence-corrected chi connectivity index (χ0v) is 34.8. The van der Waals surface area contributed by atoms with E-state index in [2.05, 4.69) is 200 Å². The van der Waals surface area contributed by atoms with Crippen molar-refractivity contribution >= 4 is 33.7 Å². The Bertz CT molecular complexity index is 3560. The smallest absolute Gasteiger partial charge is 0.161 e. The van der Waals surface area contributed by atoms with E-state index in [4.69, 9.17) is 14.4 Å². The lowest BCUT2D eigenvalue weighted by Crippen LogP contribution is -2.32. The summed E-state index contributed by atoms with van der Waals surface area (Å²) in [5.41, 5.74) is 18.3. The lowest BCUT2D eigenvalue weighted by molar-refractivity contribution is 0.670. The van der Waals surface area contributed by atoms with Crippen LogP contribution in [0.15, 0.2) is 233 Å². The molecule has 63 heavy (non-hydrogen) atoms. The van der Waals surface area contributed by atoms with Crippen molar-refractivity contribution in [2.75, 3.05) is 0 Å². The molecule has 0 bridgehead atoms. The number of hydrogen-bond acceptors (Lipinski definition) is 4. The van der Waals surface area contributed by atoms with Gasteiger partial charge in [0.05, 0.1) is 16.8 Å². The van der Waals surface area contributed by atoms with Gasteiger partial charge >= 0.3 is 0 Å². The molecule has 0 saturated carbocycles. The van der Waals surface area contributed by atoms with Crippen LogP contribution >= 0.6 is 11.8 Å². The van der Waals surface area contributed by atoms with Crippen LogP contribution in [0.2, 0.25) is 0 Å². The molecule has 4 heteroatoms. The summed E-state index contributed by atoms with van der Waals surface area (Å²) in [5.74, 6) is 0.682. The molecule has 3 nitrogen and oxygen atoms in total. The molecule has 9 aromatic carbocycles. The van der Waals surface area contributed by atoms with Crippen molar-refractivity contribution in [1.82, 2.24) is 9.97 Å². The Kier molecular flexibility index (Phi) is 8.06. The predicted octanol–water partition coefficient (Wildman–Crippen LogP) is 15.5. The van der Waals surface area contributed by atoms with Gasteiger partial charge in [-0.25, -0.2) is 9.97 Å². The van der Waals surface area contributed by atoms with E-state index in [0.29, 0.717) is 5.82 Å². The van der Waals surface area contributed by atoms with Crippen molar-refractivity contribution in [3.63, 3.8) is 0 Å². The van der Waals surface area contributed by atoms with Gasteiger partial charge in [-0.05, 0) is 80.4 Å². The molecular weight excluding hydrogens is 785 g/mol. The SMILES string of the molecule is c1ccc(-c2cc(-c3ccc(-c4cccc5c4oc4ccccc45)cc3)nc(-c3ccccc3-c3ccc4c(c3)C3(c5ccccc5S4)c4ccccc4-c4ccccc43)n2)cc1. The van der Waals surface area contributed by atoms with Crippen LogP contribution in [0.3, 0.4) is 0 Å². The number of para-hydroxylation sites is 2. The van der Waals surface area contributed by atoms with Crippen molar-refractivity contribution in [3.05, 3.63) is 241 Å². The highest BCUT2D eigenvalue weighted by Gasteiger charge is 2.50. The monoisotopic (exact) mass is 820 g/mol. The van der Waals surface area contributed by atoms with Gasteiger partial charge in [-0.15, -0.1) is 0 Å². The molecule has 0 N–H and O–H groups in total. The van der Waals surface area contributed by atoms with E-state index in [-0.39, 0.29) is 0 Å². The third-order valence-corrected chi connectivity index (χ3v) is 14.2. The van der Waals surface area contributed by atoms with Crippen molar-refractivity contribution in [2.45, 2.75) is 15.2 Å². The molecular formula is C59H36N2OS. The van der Waals surface area contributed by atoms with Crippen molar-refractivity contribution in [3.8, 4) is 67.3 Å². The fourth-order valence-corrected chi connectivity index (χ4v) is 11.4. The molecule has 0 unspecified atom stereocenters. The number of furan rings is 1. The van der Waals surface area contributed by atoms with Crippen molar-refractivity contribution in [1.29, 1.82) is 0 Å². The van der Waals surface area contributed by atoms with Crippen LogP contribution in [-0.4, -0.2) is 9.97 Å². The minimum Gasteiger partial charge on any atom is -0.455 e. The molecule has 0 radical (unpaired) electrons. The first kappa shape index (κ1) is 35.9. The second kappa shape index (κ2) is 14.1. The van der Waals surface area contributed by atoms with E-state index in [1.807, 2.05) is 30.0 Å². The first-order valence-electron chi connectivity index (χ1n) is 21.4. The average Bonchev–Trinajstić information content (AvgIpc) is 3.88. The maximum atomic E-state index is 6.41. The van der Waals surface area contributed by atoms with Gasteiger partial charge in [0.15, 0.2) is 5.82 Å². The molecule has 2 aromatic heterocycles. The summed E-state index contributed by atoms with van der Waals surface area (Å²) in [6, 6.07) is 78.4. The van der Waals surface area contributed by atoms with Gasteiger partial charge in [-0.2, -0.15) is 0 Å². The Hall–Kier alpha value is -7.79. The average molecular weight is 821 g/mol. The first-order valence-corrected chi connectivity index (χ1v) is 22.2. The van der Waals surface area contributed by atoms with Crippen molar-refractivity contribution in [2.24, 2.45) is 0 Å².